The van der Waals surface area contributed by atoms with Crippen LogP contribution in [0.25, 0.3) is 0 Å². The van der Waals surface area contributed by atoms with Gasteiger partial charge in [0.2, 0.25) is 5.91 Å². The Morgan fingerprint density at radius 1 is 1.47 bits per heavy atom. The van der Waals surface area contributed by atoms with Crippen molar-refractivity contribution in [1.82, 2.24) is 10.2 Å². The van der Waals surface area contributed by atoms with Gasteiger partial charge in [0.15, 0.2) is 0 Å². The molecule has 1 aliphatic heterocycles. The third-order valence-electron chi connectivity index (χ3n) is 3.90. The lowest BCUT2D eigenvalue weighted by Crippen LogP contribution is -2.45. The molecule has 1 rings (SSSR count). The molecule has 3 heteroatoms. The van der Waals surface area contributed by atoms with Gasteiger partial charge < -0.3 is 10.2 Å². The summed E-state index contributed by atoms with van der Waals surface area (Å²) in [5, 5.41) is 3.40. The second-order valence-corrected chi connectivity index (χ2v) is 5.47. The Morgan fingerprint density at radius 2 is 2.18 bits per heavy atom. The molecular weight excluding hydrogens is 212 g/mol. The second-order valence-electron chi connectivity index (χ2n) is 5.47. The molecule has 17 heavy (non-hydrogen) atoms. The SMILES string of the molecule is CCC(C)CN(CC)C(=O)C1CCNC(C)C1. The Morgan fingerprint density at radius 3 is 2.71 bits per heavy atom. The van der Waals surface area contributed by atoms with Gasteiger partial charge in [-0.1, -0.05) is 20.3 Å². The van der Waals surface area contributed by atoms with Gasteiger partial charge in [-0.25, -0.2) is 0 Å². The highest BCUT2D eigenvalue weighted by molar-refractivity contribution is 5.79. The average Bonchev–Trinajstić information content (AvgIpc) is 2.34. The quantitative estimate of drug-likeness (QED) is 0.799. The largest absolute Gasteiger partial charge is 0.342 e. The van der Waals surface area contributed by atoms with E-state index >= 15 is 0 Å². The summed E-state index contributed by atoms with van der Waals surface area (Å²) < 4.78 is 0. The van der Waals surface area contributed by atoms with Crippen molar-refractivity contribution >= 4 is 5.91 Å². The van der Waals surface area contributed by atoms with E-state index in [0.29, 0.717) is 17.9 Å². The Bertz CT molecular complexity index is 242. The number of rotatable bonds is 5. The smallest absolute Gasteiger partial charge is 0.225 e. The van der Waals surface area contributed by atoms with Crippen LogP contribution in [0.5, 0.6) is 0 Å². The van der Waals surface area contributed by atoms with Gasteiger partial charge in [-0.05, 0) is 39.2 Å². The fraction of sp³-hybridized carbons (Fsp3) is 0.929. The van der Waals surface area contributed by atoms with E-state index in [2.05, 4.69) is 37.9 Å². The van der Waals surface area contributed by atoms with Crippen molar-refractivity contribution in [3.05, 3.63) is 0 Å². The molecule has 3 atom stereocenters. The van der Waals surface area contributed by atoms with E-state index in [4.69, 9.17) is 0 Å². The van der Waals surface area contributed by atoms with Crippen molar-refractivity contribution in [2.24, 2.45) is 11.8 Å². The predicted molar refractivity (Wildman–Crippen MR) is 71.9 cm³/mol. The van der Waals surface area contributed by atoms with Gasteiger partial charge in [-0.2, -0.15) is 0 Å². The number of carbonyl (C=O) groups is 1. The van der Waals surface area contributed by atoms with E-state index in [-0.39, 0.29) is 5.92 Å². The average molecular weight is 240 g/mol. The van der Waals surface area contributed by atoms with E-state index in [1.54, 1.807) is 0 Å². The van der Waals surface area contributed by atoms with Gasteiger partial charge in [-0.3, -0.25) is 4.79 Å². The Balaban J connectivity index is 2.52. The van der Waals surface area contributed by atoms with Gasteiger partial charge in [0, 0.05) is 25.0 Å². The molecule has 1 N–H and O–H groups in total. The number of amides is 1. The lowest BCUT2D eigenvalue weighted by atomic mass is 9.91. The van der Waals surface area contributed by atoms with Crippen molar-refractivity contribution < 1.29 is 4.79 Å². The van der Waals surface area contributed by atoms with Gasteiger partial charge in [0.25, 0.3) is 0 Å². The zero-order chi connectivity index (χ0) is 12.8. The Labute approximate surface area is 106 Å². The van der Waals surface area contributed by atoms with Crippen LogP contribution in [0, 0.1) is 11.8 Å². The summed E-state index contributed by atoms with van der Waals surface area (Å²) in [6, 6.07) is 0.486. The molecule has 1 aliphatic rings. The van der Waals surface area contributed by atoms with Crippen molar-refractivity contribution in [3.8, 4) is 0 Å². The molecule has 0 bridgehead atoms. The number of hydrogen-bond acceptors (Lipinski definition) is 2. The summed E-state index contributed by atoms with van der Waals surface area (Å²) >= 11 is 0. The fourth-order valence-electron chi connectivity index (χ4n) is 2.49. The van der Waals surface area contributed by atoms with Crippen LogP contribution in [-0.2, 0) is 4.79 Å². The Kier molecular flexibility index (Phi) is 5.96. The van der Waals surface area contributed by atoms with Gasteiger partial charge >= 0.3 is 0 Å². The van der Waals surface area contributed by atoms with Crippen LogP contribution in [0.4, 0.5) is 0 Å². The van der Waals surface area contributed by atoms with Crippen LogP contribution < -0.4 is 5.32 Å². The summed E-state index contributed by atoms with van der Waals surface area (Å²) in [5.74, 6) is 1.23. The minimum absolute atomic E-state index is 0.246. The molecule has 0 spiro atoms. The third kappa shape index (κ3) is 4.30. The summed E-state index contributed by atoms with van der Waals surface area (Å²) in [7, 11) is 0. The van der Waals surface area contributed by atoms with E-state index < -0.39 is 0 Å². The molecule has 100 valence electrons. The van der Waals surface area contributed by atoms with Crippen molar-refractivity contribution in [3.63, 3.8) is 0 Å². The lowest BCUT2D eigenvalue weighted by Gasteiger charge is -2.32. The molecular formula is C14H28N2O. The monoisotopic (exact) mass is 240 g/mol. The summed E-state index contributed by atoms with van der Waals surface area (Å²) in [5.41, 5.74) is 0. The highest BCUT2D eigenvalue weighted by atomic mass is 16.2. The second kappa shape index (κ2) is 7.00. The lowest BCUT2D eigenvalue weighted by molar-refractivity contribution is -0.137. The molecule has 1 fully saturated rings. The summed E-state index contributed by atoms with van der Waals surface area (Å²) in [6.45, 7) is 11.4. The van der Waals surface area contributed by atoms with E-state index in [0.717, 1.165) is 38.9 Å². The zero-order valence-corrected chi connectivity index (χ0v) is 11.8. The maximum absolute atomic E-state index is 12.4. The fourth-order valence-corrected chi connectivity index (χ4v) is 2.49. The van der Waals surface area contributed by atoms with Crippen LogP contribution in [-0.4, -0.2) is 36.5 Å². The number of piperidine rings is 1. The molecule has 0 aromatic heterocycles. The van der Waals surface area contributed by atoms with Crippen LogP contribution in [0.1, 0.15) is 47.0 Å². The van der Waals surface area contributed by atoms with Crippen molar-refractivity contribution in [2.75, 3.05) is 19.6 Å². The topological polar surface area (TPSA) is 32.3 Å². The first-order valence-electron chi connectivity index (χ1n) is 7.10. The van der Waals surface area contributed by atoms with Gasteiger partial charge in [-0.15, -0.1) is 0 Å². The first kappa shape index (κ1) is 14.5. The number of nitrogens with one attached hydrogen (secondary N) is 1. The highest BCUT2D eigenvalue weighted by Gasteiger charge is 2.28. The molecule has 0 aromatic carbocycles. The highest BCUT2D eigenvalue weighted by Crippen LogP contribution is 2.19. The number of carbonyl (C=O) groups excluding carboxylic acids is 1. The number of hydrogen-bond donors (Lipinski definition) is 1. The minimum Gasteiger partial charge on any atom is -0.342 e. The molecule has 1 saturated heterocycles. The normalized spacial score (nSPS) is 26.6. The zero-order valence-electron chi connectivity index (χ0n) is 11.8. The molecule has 3 nitrogen and oxygen atoms in total. The van der Waals surface area contributed by atoms with Crippen LogP contribution in [0.15, 0.2) is 0 Å². The van der Waals surface area contributed by atoms with Crippen LogP contribution in [0.3, 0.4) is 0 Å². The van der Waals surface area contributed by atoms with Crippen molar-refractivity contribution in [2.45, 2.75) is 53.0 Å². The molecule has 0 aliphatic carbocycles. The number of nitrogens with zero attached hydrogens (tertiary/aromatic N) is 1. The molecule has 0 saturated carbocycles. The Hall–Kier alpha value is -0.570. The third-order valence-corrected chi connectivity index (χ3v) is 3.90. The molecule has 3 unspecified atom stereocenters. The molecule has 0 aromatic rings. The maximum Gasteiger partial charge on any atom is 0.225 e. The van der Waals surface area contributed by atoms with Gasteiger partial charge in [0.1, 0.15) is 0 Å². The van der Waals surface area contributed by atoms with E-state index in [1.807, 2.05) is 0 Å². The van der Waals surface area contributed by atoms with Crippen LogP contribution in [0.2, 0.25) is 0 Å². The minimum atomic E-state index is 0.246. The van der Waals surface area contributed by atoms with Crippen LogP contribution >= 0.6 is 0 Å². The predicted octanol–water partition coefficient (Wildman–Crippen LogP) is 2.27. The maximum atomic E-state index is 12.4. The summed E-state index contributed by atoms with van der Waals surface area (Å²) in [6.07, 6.45) is 3.14. The first-order chi connectivity index (χ1) is 8.08. The molecule has 1 heterocycles. The first-order valence-corrected chi connectivity index (χ1v) is 7.10. The van der Waals surface area contributed by atoms with Crippen molar-refractivity contribution in [1.29, 1.82) is 0 Å². The standard InChI is InChI=1S/C14H28N2O/c1-5-11(3)10-16(6-2)14(17)13-7-8-15-12(4)9-13/h11-13,15H,5-10H2,1-4H3. The molecule has 1 amide bonds. The van der Waals surface area contributed by atoms with E-state index in [9.17, 15) is 4.79 Å². The van der Waals surface area contributed by atoms with Gasteiger partial charge in [0.05, 0.1) is 0 Å². The summed E-state index contributed by atoms with van der Waals surface area (Å²) in [4.78, 5) is 14.5. The molecule has 0 radical (unpaired) electrons. The van der Waals surface area contributed by atoms with E-state index in [1.165, 1.54) is 0 Å².